The number of hydrogen-bond acceptors (Lipinski definition) is 4. The van der Waals surface area contributed by atoms with Crippen molar-refractivity contribution in [2.75, 3.05) is 6.61 Å². The van der Waals surface area contributed by atoms with Gasteiger partial charge in [-0.05, 0) is 29.0 Å². The summed E-state index contributed by atoms with van der Waals surface area (Å²) in [5.74, 6) is -0.723. The normalized spacial score (nSPS) is 15.5. The predicted octanol–water partition coefficient (Wildman–Crippen LogP) is 3.54. The van der Waals surface area contributed by atoms with Gasteiger partial charge in [0.15, 0.2) is 5.78 Å². The topological polar surface area (TPSA) is 88.3 Å². The highest BCUT2D eigenvalue weighted by Gasteiger charge is 2.32. The van der Waals surface area contributed by atoms with Crippen LogP contribution in [-0.4, -0.2) is 29.5 Å². The highest BCUT2D eigenvalue weighted by molar-refractivity contribution is 6.02. The van der Waals surface area contributed by atoms with E-state index in [-0.39, 0.29) is 29.9 Å². The highest BCUT2D eigenvalue weighted by Crippen LogP contribution is 2.33. The van der Waals surface area contributed by atoms with Gasteiger partial charge in [0.25, 0.3) is 11.5 Å². The molecule has 0 saturated carbocycles. The van der Waals surface area contributed by atoms with Gasteiger partial charge in [0.2, 0.25) is 0 Å². The number of hydrogen-bond donors (Lipinski definition) is 2. The van der Waals surface area contributed by atoms with Gasteiger partial charge in [-0.1, -0.05) is 38.1 Å². The summed E-state index contributed by atoms with van der Waals surface area (Å²) in [6.07, 6.45) is -3.49. The standard InChI is InChI=1S/C22H23F3N2O4/c1-21(2)8-17-15(18(28)9-21)7-16(20(30)27-17)19(29)26-10-13-3-5-14(6-4-13)11-31-12-22(23,24)25/h3-7H,8-12H2,1-2H3,(H,26,29)(H,27,30). The van der Waals surface area contributed by atoms with Crippen molar-refractivity contribution in [2.24, 2.45) is 5.41 Å². The van der Waals surface area contributed by atoms with Crippen LogP contribution < -0.4 is 10.9 Å². The number of alkyl halides is 3. The van der Waals surface area contributed by atoms with Crippen LogP contribution in [0, 0.1) is 5.41 Å². The van der Waals surface area contributed by atoms with Crippen LogP contribution in [0.1, 0.15) is 57.8 Å². The van der Waals surface area contributed by atoms with E-state index in [1.807, 2.05) is 13.8 Å². The molecule has 9 heteroatoms. The van der Waals surface area contributed by atoms with E-state index in [0.717, 1.165) is 0 Å². The molecule has 1 heterocycles. The lowest BCUT2D eigenvalue weighted by molar-refractivity contribution is -0.176. The summed E-state index contributed by atoms with van der Waals surface area (Å²) in [4.78, 5) is 39.9. The summed E-state index contributed by atoms with van der Waals surface area (Å²) in [6.45, 7) is 2.50. The van der Waals surface area contributed by atoms with Crippen molar-refractivity contribution in [3.63, 3.8) is 0 Å². The van der Waals surface area contributed by atoms with Crippen molar-refractivity contribution in [1.82, 2.24) is 10.3 Å². The van der Waals surface area contributed by atoms with Gasteiger partial charge in [-0.2, -0.15) is 13.2 Å². The Balaban J connectivity index is 1.62. The molecule has 0 bridgehead atoms. The number of amides is 1. The Bertz CT molecular complexity index is 1040. The van der Waals surface area contributed by atoms with Crippen LogP contribution in [0.5, 0.6) is 0 Å². The lowest BCUT2D eigenvalue weighted by atomic mass is 9.75. The number of halogens is 3. The minimum absolute atomic E-state index is 0.111. The molecule has 6 nitrogen and oxygen atoms in total. The van der Waals surface area contributed by atoms with Crippen LogP contribution >= 0.6 is 0 Å². The minimum Gasteiger partial charge on any atom is -0.367 e. The lowest BCUT2D eigenvalue weighted by Crippen LogP contribution is -2.34. The maximum Gasteiger partial charge on any atom is 0.411 e. The first kappa shape index (κ1) is 22.7. The SMILES string of the molecule is CC1(C)CC(=O)c2cc(C(=O)NCc3ccc(COCC(F)(F)F)cc3)c(=O)[nH]c2C1. The van der Waals surface area contributed by atoms with E-state index in [4.69, 9.17) is 0 Å². The molecule has 0 spiro atoms. The molecule has 0 fully saturated rings. The van der Waals surface area contributed by atoms with E-state index in [1.165, 1.54) is 6.07 Å². The van der Waals surface area contributed by atoms with Gasteiger partial charge in [-0.25, -0.2) is 0 Å². The Hall–Kier alpha value is -2.94. The average Bonchev–Trinajstić information content (AvgIpc) is 2.64. The van der Waals surface area contributed by atoms with E-state index in [0.29, 0.717) is 35.2 Å². The monoisotopic (exact) mass is 436 g/mol. The quantitative estimate of drug-likeness (QED) is 0.725. The zero-order valence-electron chi connectivity index (χ0n) is 17.2. The van der Waals surface area contributed by atoms with Crippen molar-refractivity contribution < 1.29 is 27.5 Å². The van der Waals surface area contributed by atoms with E-state index >= 15 is 0 Å². The fraction of sp³-hybridized carbons (Fsp3) is 0.409. The number of carbonyl (C=O) groups excluding carboxylic acids is 2. The summed E-state index contributed by atoms with van der Waals surface area (Å²) in [6, 6.07) is 7.85. The molecule has 2 N–H and O–H groups in total. The van der Waals surface area contributed by atoms with E-state index in [1.54, 1.807) is 24.3 Å². The summed E-state index contributed by atoms with van der Waals surface area (Å²) in [5, 5.41) is 2.63. The molecule has 0 radical (unpaired) electrons. The number of H-pyrrole nitrogens is 1. The molecule has 31 heavy (non-hydrogen) atoms. The number of ether oxygens (including phenoxy) is 1. The summed E-state index contributed by atoms with van der Waals surface area (Å²) in [7, 11) is 0. The first-order valence-electron chi connectivity index (χ1n) is 9.73. The number of carbonyl (C=O) groups is 2. The molecule has 3 rings (SSSR count). The predicted molar refractivity (Wildman–Crippen MR) is 107 cm³/mol. The largest absolute Gasteiger partial charge is 0.411 e. The van der Waals surface area contributed by atoms with Gasteiger partial charge in [0.1, 0.15) is 12.2 Å². The molecule has 166 valence electrons. The highest BCUT2D eigenvalue weighted by atomic mass is 19.4. The van der Waals surface area contributed by atoms with E-state index in [9.17, 15) is 27.6 Å². The van der Waals surface area contributed by atoms with Crippen LogP contribution in [0.2, 0.25) is 0 Å². The molecule has 1 aliphatic rings. The number of benzene rings is 1. The third-order valence-electron chi connectivity index (χ3n) is 4.97. The van der Waals surface area contributed by atoms with Gasteiger partial charge < -0.3 is 15.0 Å². The van der Waals surface area contributed by atoms with Gasteiger partial charge in [-0.3, -0.25) is 14.4 Å². The number of rotatable bonds is 6. The van der Waals surface area contributed by atoms with Crippen LogP contribution in [-0.2, 0) is 24.3 Å². The van der Waals surface area contributed by atoms with Crippen molar-refractivity contribution in [3.8, 4) is 0 Å². The Morgan fingerprint density at radius 3 is 2.42 bits per heavy atom. The minimum atomic E-state index is -4.38. The zero-order valence-corrected chi connectivity index (χ0v) is 17.2. The molecular formula is C22H23F3N2O4. The maximum absolute atomic E-state index is 12.5. The Kier molecular flexibility index (Phi) is 6.35. The Morgan fingerprint density at radius 1 is 1.13 bits per heavy atom. The van der Waals surface area contributed by atoms with Crippen molar-refractivity contribution in [2.45, 2.75) is 46.0 Å². The maximum atomic E-state index is 12.5. The Labute approximate surface area is 176 Å². The second kappa shape index (κ2) is 8.66. The fourth-order valence-corrected chi connectivity index (χ4v) is 3.51. The number of aromatic nitrogens is 1. The first-order valence-corrected chi connectivity index (χ1v) is 9.73. The Morgan fingerprint density at radius 2 is 1.77 bits per heavy atom. The smallest absolute Gasteiger partial charge is 0.367 e. The third kappa shape index (κ3) is 6.04. The second-order valence-corrected chi connectivity index (χ2v) is 8.45. The molecule has 2 aromatic rings. The van der Waals surface area contributed by atoms with E-state index < -0.39 is 24.2 Å². The van der Waals surface area contributed by atoms with Crippen LogP contribution in [0.15, 0.2) is 35.1 Å². The van der Waals surface area contributed by atoms with Gasteiger partial charge in [0, 0.05) is 24.2 Å². The summed E-state index contributed by atoms with van der Waals surface area (Å²) < 4.78 is 40.9. The van der Waals surface area contributed by atoms with E-state index in [2.05, 4.69) is 15.0 Å². The van der Waals surface area contributed by atoms with Crippen molar-refractivity contribution in [1.29, 1.82) is 0 Å². The summed E-state index contributed by atoms with van der Waals surface area (Å²) in [5.41, 5.74) is 1.23. The average molecular weight is 436 g/mol. The molecule has 1 aromatic heterocycles. The van der Waals surface area contributed by atoms with Crippen molar-refractivity contribution in [3.05, 3.63) is 68.6 Å². The molecule has 1 aromatic carbocycles. The number of ketones is 1. The molecule has 1 amide bonds. The van der Waals surface area contributed by atoms with Gasteiger partial charge in [-0.15, -0.1) is 0 Å². The summed E-state index contributed by atoms with van der Waals surface area (Å²) >= 11 is 0. The van der Waals surface area contributed by atoms with Gasteiger partial charge >= 0.3 is 6.18 Å². The van der Waals surface area contributed by atoms with Crippen LogP contribution in [0.3, 0.4) is 0 Å². The number of Topliss-reactive ketones (excluding diaryl/α,β-unsaturated/α-hetero) is 1. The molecule has 0 unspecified atom stereocenters. The lowest BCUT2D eigenvalue weighted by Gasteiger charge is -2.29. The van der Waals surface area contributed by atoms with Crippen molar-refractivity contribution >= 4 is 11.7 Å². The van der Waals surface area contributed by atoms with Crippen LogP contribution in [0.25, 0.3) is 0 Å². The number of nitrogens with one attached hydrogen (secondary N) is 2. The number of fused-ring (bicyclic) bond motifs is 1. The first-order chi connectivity index (χ1) is 14.4. The molecule has 0 atom stereocenters. The van der Waals surface area contributed by atoms with Gasteiger partial charge in [0.05, 0.1) is 6.61 Å². The number of aromatic amines is 1. The van der Waals surface area contributed by atoms with Crippen LogP contribution in [0.4, 0.5) is 13.2 Å². The molecule has 0 aliphatic heterocycles. The third-order valence-corrected chi connectivity index (χ3v) is 4.97. The molecule has 1 aliphatic carbocycles. The molecular weight excluding hydrogens is 413 g/mol. The molecule has 0 saturated heterocycles. The fourth-order valence-electron chi connectivity index (χ4n) is 3.51. The second-order valence-electron chi connectivity index (χ2n) is 8.45. The number of pyridine rings is 1. The zero-order chi connectivity index (χ0) is 22.8.